The van der Waals surface area contributed by atoms with E-state index in [1.165, 1.54) is 0 Å². The van der Waals surface area contributed by atoms with E-state index in [-0.39, 0.29) is 0 Å². The average Bonchev–Trinajstić information content (AvgIpc) is 3.63. The molecule has 186 valence electrons. The molecule has 0 unspecified atom stereocenters. The van der Waals surface area contributed by atoms with Crippen LogP contribution in [0.5, 0.6) is 0 Å². The van der Waals surface area contributed by atoms with Crippen molar-refractivity contribution >= 4 is 11.6 Å². The van der Waals surface area contributed by atoms with Crippen LogP contribution in [0.3, 0.4) is 0 Å². The summed E-state index contributed by atoms with van der Waals surface area (Å²) in [5.41, 5.74) is 6.74. The molecule has 2 N–H and O–H groups in total. The van der Waals surface area contributed by atoms with E-state index >= 15 is 0 Å². The number of pyridine rings is 1. The number of hydrogen-bond donors (Lipinski definition) is 2. The third kappa shape index (κ3) is 4.99. The first-order valence-corrected chi connectivity index (χ1v) is 12.7. The Hall–Kier alpha value is -4.37. The molecule has 6 rings (SSSR count). The first-order chi connectivity index (χ1) is 18.3. The molecule has 0 saturated carbocycles. The number of rotatable bonds is 7. The van der Waals surface area contributed by atoms with Crippen LogP contribution in [0.4, 0.5) is 11.6 Å². The second kappa shape index (κ2) is 10.3. The summed E-state index contributed by atoms with van der Waals surface area (Å²) in [7, 11) is 0. The number of nitrogens with one attached hydrogen (secondary N) is 2. The molecular formula is C28H29N9. The number of hydrogen-bond acceptors (Lipinski definition) is 7. The molecule has 4 aromatic heterocycles. The summed E-state index contributed by atoms with van der Waals surface area (Å²) in [5.74, 6) is 0.533. The number of nitrogens with zero attached hydrogens (tertiary/aromatic N) is 7. The van der Waals surface area contributed by atoms with Crippen LogP contribution in [0, 0.1) is 0 Å². The number of aromatic nitrogens is 7. The van der Waals surface area contributed by atoms with E-state index in [0.29, 0.717) is 12.0 Å². The fourth-order valence-electron chi connectivity index (χ4n) is 4.69. The minimum absolute atomic E-state index is 0.475. The van der Waals surface area contributed by atoms with Crippen LogP contribution in [0.15, 0.2) is 79.6 Å². The Labute approximate surface area is 215 Å². The lowest BCUT2D eigenvalue weighted by atomic mass is 10.1. The molecule has 0 radical (unpaired) electrons. The van der Waals surface area contributed by atoms with Crippen molar-refractivity contribution in [1.29, 1.82) is 0 Å². The van der Waals surface area contributed by atoms with E-state index in [1.807, 2.05) is 53.6 Å². The summed E-state index contributed by atoms with van der Waals surface area (Å²) in [6.45, 7) is 4.94. The molecule has 0 spiro atoms. The van der Waals surface area contributed by atoms with Gasteiger partial charge in [0.05, 0.1) is 17.9 Å². The highest BCUT2D eigenvalue weighted by Gasteiger charge is 2.17. The van der Waals surface area contributed by atoms with Gasteiger partial charge in [0.15, 0.2) is 0 Å². The number of aryl methyl sites for hydroxylation is 1. The van der Waals surface area contributed by atoms with Gasteiger partial charge in [0.25, 0.3) is 0 Å². The summed E-state index contributed by atoms with van der Waals surface area (Å²) in [6.07, 6.45) is 13.7. The van der Waals surface area contributed by atoms with Crippen molar-refractivity contribution in [1.82, 2.24) is 39.8 Å². The van der Waals surface area contributed by atoms with Gasteiger partial charge in [-0.25, -0.2) is 9.97 Å². The predicted octanol–water partition coefficient (Wildman–Crippen LogP) is 4.95. The molecular weight excluding hydrogens is 462 g/mol. The van der Waals surface area contributed by atoms with Gasteiger partial charge >= 0.3 is 0 Å². The lowest BCUT2D eigenvalue weighted by molar-refractivity contribution is 0.343. The van der Waals surface area contributed by atoms with Gasteiger partial charge in [-0.1, -0.05) is 12.1 Å². The van der Waals surface area contributed by atoms with Crippen molar-refractivity contribution in [3.8, 4) is 33.6 Å². The minimum Gasteiger partial charge on any atom is -0.324 e. The van der Waals surface area contributed by atoms with Gasteiger partial charge in [0.1, 0.15) is 5.69 Å². The van der Waals surface area contributed by atoms with Gasteiger partial charge < -0.3 is 10.6 Å². The van der Waals surface area contributed by atoms with E-state index in [9.17, 15) is 0 Å². The quantitative estimate of drug-likeness (QED) is 0.332. The summed E-state index contributed by atoms with van der Waals surface area (Å²) in [5, 5.41) is 16.1. The molecule has 9 nitrogen and oxygen atoms in total. The third-order valence-corrected chi connectivity index (χ3v) is 6.71. The molecule has 9 heteroatoms. The van der Waals surface area contributed by atoms with Crippen LogP contribution in [0.2, 0.25) is 0 Å². The Morgan fingerprint density at radius 1 is 0.946 bits per heavy atom. The van der Waals surface area contributed by atoms with Crippen LogP contribution < -0.4 is 10.6 Å². The normalized spacial score (nSPS) is 14.1. The molecule has 0 amide bonds. The largest absolute Gasteiger partial charge is 0.324 e. The van der Waals surface area contributed by atoms with Crippen molar-refractivity contribution < 1.29 is 0 Å². The Balaban J connectivity index is 1.21. The molecule has 37 heavy (non-hydrogen) atoms. The maximum atomic E-state index is 4.79. The highest BCUT2D eigenvalue weighted by molar-refractivity contribution is 5.78. The molecule has 1 aromatic carbocycles. The lowest BCUT2D eigenvalue weighted by Gasteiger charge is -2.22. The highest BCUT2D eigenvalue weighted by Crippen LogP contribution is 2.30. The zero-order valence-electron chi connectivity index (χ0n) is 20.7. The fraction of sp³-hybridized carbons (Fsp3) is 0.250. The Kier molecular flexibility index (Phi) is 6.43. The maximum Gasteiger partial charge on any atom is 0.227 e. The standard InChI is InChI=1S/C28H29N9/c1-2-36-19-25(27(35-36)21-4-3-12-30-16-21)26-11-15-31-28(34-26)33-23-7-5-20(6-8-23)22-17-32-37(18-22)24-9-13-29-14-10-24/h3-8,11-12,15-19,24,29H,2,9-10,13-14H2,1H3,(H,31,33,34). The van der Waals surface area contributed by atoms with Crippen molar-refractivity contribution in [3.63, 3.8) is 0 Å². The maximum absolute atomic E-state index is 4.79. The molecule has 5 heterocycles. The summed E-state index contributed by atoms with van der Waals surface area (Å²) in [6, 6.07) is 14.6. The van der Waals surface area contributed by atoms with Crippen LogP contribution >= 0.6 is 0 Å². The van der Waals surface area contributed by atoms with Gasteiger partial charge in [0, 0.05) is 59.9 Å². The molecule has 1 aliphatic heterocycles. The van der Waals surface area contributed by atoms with Crippen LogP contribution in [0.25, 0.3) is 33.6 Å². The molecule has 1 fully saturated rings. The fourth-order valence-corrected chi connectivity index (χ4v) is 4.69. The highest BCUT2D eigenvalue weighted by atomic mass is 15.3. The van der Waals surface area contributed by atoms with Crippen LogP contribution in [-0.4, -0.2) is 47.6 Å². The van der Waals surface area contributed by atoms with Crippen LogP contribution in [-0.2, 0) is 6.54 Å². The first-order valence-electron chi connectivity index (χ1n) is 12.7. The van der Waals surface area contributed by atoms with E-state index in [1.54, 1.807) is 12.4 Å². The summed E-state index contributed by atoms with van der Waals surface area (Å²) < 4.78 is 4.03. The molecule has 0 bridgehead atoms. The molecule has 0 atom stereocenters. The SMILES string of the molecule is CCn1cc(-c2ccnc(Nc3ccc(-c4cnn(C5CCNCC5)c4)cc3)n2)c(-c2cccnc2)n1. The minimum atomic E-state index is 0.475. The van der Waals surface area contributed by atoms with Gasteiger partial charge in [-0.05, 0) is 68.8 Å². The zero-order valence-corrected chi connectivity index (χ0v) is 20.7. The first kappa shape index (κ1) is 23.1. The number of benzene rings is 1. The smallest absolute Gasteiger partial charge is 0.227 e. The van der Waals surface area contributed by atoms with Gasteiger partial charge in [-0.15, -0.1) is 0 Å². The van der Waals surface area contributed by atoms with Crippen molar-refractivity contribution in [2.75, 3.05) is 18.4 Å². The Morgan fingerprint density at radius 2 is 1.81 bits per heavy atom. The van der Waals surface area contributed by atoms with Crippen molar-refractivity contribution in [2.45, 2.75) is 32.4 Å². The van der Waals surface area contributed by atoms with E-state index < -0.39 is 0 Å². The van der Waals surface area contributed by atoms with E-state index in [0.717, 1.165) is 71.8 Å². The monoisotopic (exact) mass is 491 g/mol. The summed E-state index contributed by atoms with van der Waals surface area (Å²) in [4.78, 5) is 13.5. The van der Waals surface area contributed by atoms with Crippen molar-refractivity contribution in [2.24, 2.45) is 0 Å². The van der Waals surface area contributed by atoms with Crippen molar-refractivity contribution in [3.05, 3.63) is 79.6 Å². The number of piperidine rings is 1. The molecule has 0 aliphatic carbocycles. The number of anilines is 2. The van der Waals surface area contributed by atoms with Gasteiger partial charge in [-0.2, -0.15) is 10.2 Å². The second-order valence-electron chi connectivity index (χ2n) is 9.15. The van der Waals surface area contributed by atoms with Gasteiger partial charge in [-0.3, -0.25) is 14.3 Å². The van der Waals surface area contributed by atoms with E-state index in [2.05, 4.69) is 55.6 Å². The third-order valence-electron chi connectivity index (χ3n) is 6.71. The molecule has 5 aromatic rings. The summed E-state index contributed by atoms with van der Waals surface area (Å²) >= 11 is 0. The zero-order chi connectivity index (χ0) is 25.0. The molecule has 1 aliphatic rings. The second-order valence-corrected chi connectivity index (χ2v) is 9.15. The topological polar surface area (TPSA) is 98.4 Å². The molecule has 1 saturated heterocycles. The Bertz CT molecular complexity index is 1470. The van der Waals surface area contributed by atoms with E-state index in [4.69, 9.17) is 10.1 Å². The predicted molar refractivity (Wildman–Crippen MR) is 144 cm³/mol. The lowest BCUT2D eigenvalue weighted by Crippen LogP contribution is -2.29. The van der Waals surface area contributed by atoms with Gasteiger partial charge in [0.2, 0.25) is 5.95 Å². The average molecular weight is 492 g/mol. The Morgan fingerprint density at radius 3 is 2.59 bits per heavy atom. The van der Waals surface area contributed by atoms with Crippen LogP contribution in [0.1, 0.15) is 25.8 Å².